The first-order valence-electron chi connectivity index (χ1n) is 8.12. The molecule has 0 aliphatic carbocycles. The van der Waals surface area contributed by atoms with Gasteiger partial charge in [0.15, 0.2) is 0 Å². The molecule has 0 saturated heterocycles. The first-order valence-corrected chi connectivity index (χ1v) is 8.94. The lowest BCUT2D eigenvalue weighted by atomic mass is 9.99. The number of ether oxygens (including phenoxy) is 1. The number of fused-ring (bicyclic) bond motifs is 1. The van der Waals surface area contributed by atoms with Crippen LogP contribution in [0.2, 0.25) is 0 Å². The van der Waals surface area contributed by atoms with Gasteiger partial charge in [-0.05, 0) is 25.3 Å². The monoisotopic (exact) mass is 365 g/mol. The molecule has 2 aromatic rings. The third kappa shape index (κ3) is 3.89. The molecule has 8 heteroatoms. The van der Waals surface area contributed by atoms with E-state index in [0.717, 1.165) is 10.4 Å². The van der Waals surface area contributed by atoms with E-state index in [2.05, 4.69) is 10.3 Å². The summed E-state index contributed by atoms with van der Waals surface area (Å²) in [6, 6.07) is -0.736. The number of nitrogens with zero attached hydrogens (tertiary/aromatic N) is 2. The van der Waals surface area contributed by atoms with Crippen molar-refractivity contribution < 1.29 is 14.3 Å². The Hall–Kier alpha value is -2.22. The molecule has 1 N–H and O–H groups in total. The average molecular weight is 365 g/mol. The summed E-state index contributed by atoms with van der Waals surface area (Å²) in [6.45, 7) is 7.40. The van der Waals surface area contributed by atoms with Gasteiger partial charge >= 0.3 is 5.97 Å². The summed E-state index contributed by atoms with van der Waals surface area (Å²) in [6.07, 6.45) is 2.08. The number of carbonyl (C=O) groups excluding carboxylic acids is 2. The van der Waals surface area contributed by atoms with E-state index < -0.39 is 17.9 Å². The summed E-state index contributed by atoms with van der Waals surface area (Å²) in [5, 5.41) is 3.21. The summed E-state index contributed by atoms with van der Waals surface area (Å²) in [5.41, 5.74) is 0.638. The Balaban J connectivity index is 2.24. The minimum absolute atomic E-state index is 0.0736. The number of hydrogen-bond acceptors (Lipinski definition) is 6. The van der Waals surface area contributed by atoms with Gasteiger partial charge < -0.3 is 10.1 Å². The van der Waals surface area contributed by atoms with E-state index in [1.807, 2.05) is 27.7 Å². The summed E-state index contributed by atoms with van der Waals surface area (Å²) in [5.74, 6) is -0.994. The van der Waals surface area contributed by atoms with E-state index >= 15 is 0 Å². The molecule has 0 fully saturated rings. The van der Waals surface area contributed by atoms with Gasteiger partial charge in [-0.3, -0.25) is 14.2 Å². The van der Waals surface area contributed by atoms with Crippen molar-refractivity contribution in [1.29, 1.82) is 0 Å². The van der Waals surface area contributed by atoms with Crippen molar-refractivity contribution in [2.24, 2.45) is 5.92 Å². The van der Waals surface area contributed by atoms with Gasteiger partial charge in [0.2, 0.25) is 5.91 Å². The molecule has 7 nitrogen and oxygen atoms in total. The van der Waals surface area contributed by atoms with E-state index in [1.165, 1.54) is 29.3 Å². The second-order valence-electron chi connectivity index (χ2n) is 6.09. The van der Waals surface area contributed by atoms with Crippen LogP contribution in [0.1, 0.15) is 30.7 Å². The summed E-state index contributed by atoms with van der Waals surface area (Å²) < 4.78 is 6.02. The number of methoxy groups -OCH3 is 1. The van der Waals surface area contributed by atoms with Gasteiger partial charge in [-0.15, -0.1) is 11.3 Å². The second kappa shape index (κ2) is 7.77. The van der Waals surface area contributed by atoms with E-state index in [0.29, 0.717) is 16.6 Å². The highest BCUT2D eigenvalue weighted by Gasteiger charge is 2.26. The highest BCUT2D eigenvalue weighted by molar-refractivity contribution is 7.18. The quantitative estimate of drug-likeness (QED) is 0.788. The molecule has 0 spiro atoms. The molecular weight excluding hydrogens is 342 g/mol. The Labute approximate surface area is 150 Å². The van der Waals surface area contributed by atoms with Gasteiger partial charge in [-0.1, -0.05) is 20.3 Å². The molecule has 0 radical (unpaired) electrons. The summed E-state index contributed by atoms with van der Waals surface area (Å²) >= 11 is 1.46. The molecule has 0 unspecified atom stereocenters. The summed E-state index contributed by atoms with van der Waals surface area (Å²) in [4.78, 5) is 42.8. The van der Waals surface area contributed by atoms with Crippen molar-refractivity contribution in [3.05, 3.63) is 27.1 Å². The minimum atomic E-state index is -0.736. The van der Waals surface area contributed by atoms with Gasteiger partial charge in [0.1, 0.15) is 17.4 Å². The Morgan fingerprint density at radius 2 is 2.08 bits per heavy atom. The number of carbonyl (C=O) groups is 2. The average Bonchev–Trinajstić information content (AvgIpc) is 2.89. The van der Waals surface area contributed by atoms with E-state index in [1.54, 1.807) is 0 Å². The molecule has 0 aliphatic rings. The molecule has 0 aliphatic heterocycles. The van der Waals surface area contributed by atoms with Crippen molar-refractivity contribution in [3.8, 4) is 0 Å². The number of hydrogen-bond donors (Lipinski definition) is 1. The van der Waals surface area contributed by atoms with E-state index in [4.69, 9.17) is 4.74 Å². The maximum atomic E-state index is 12.6. The SMILES string of the molecule is CC[C@H](C)[C@H](NC(=O)Cn1cnc2sc(C)c(C)c2c1=O)C(=O)OC. The fourth-order valence-corrected chi connectivity index (χ4v) is 3.54. The first-order chi connectivity index (χ1) is 11.8. The third-order valence-electron chi connectivity index (χ3n) is 4.45. The van der Waals surface area contributed by atoms with Crippen LogP contribution < -0.4 is 10.9 Å². The predicted molar refractivity (Wildman–Crippen MR) is 96.8 cm³/mol. The number of aromatic nitrogens is 2. The van der Waals surface area contributed by atoms with Gasteiger partial charge in [0.05, 0.1) is 18.8 Å². The number of nitrogens with one attached hydrogen (secondary N) is 1. The number of aryl methyl sites for hydroxylation is 2. The molecule has 25 heavy (non-hydrogen) atoms. The first kappa shape index (κ1) is 19.1. The number of esters is 1. The van der Waals surface area contributed by atoms with Crippen molar-refractivity contribution in [3.63, 3.8) is 0 Å². The fraction of sp³-hybridized carbons (Fsp3) is 0.529. The largest absolute Gasteiger partial charge is 0.467 e. The fourth-order valence-electron chi connectivity index (χ4n) is 2.55. The molecule has 0 bridgehead atoms. The zero-order valence-corrected chi connectivity index (χ0v) is 15.9. The van der Waals surface area contributed by atoms with Crippen LogP contribution in [0.3, 0.4) is 0 Å². The van der Waals surface area contributed by atoms with Crippen LogP contribution in [0.15, 0.2) is 11.1 Å². The van der Waals surface area contributed by atoms with E-state index in [9.17, 15) is 14.4 Å². The zero-order valence-electron chi connectivity index (χ0n) is 15.1. The van der Waals surface area contributed by atoms with E-state index in [-0.39, 0.29) is 18.0 Å². The van der Waals surface area contributed by atoms with Gasteiger partial charge in [0, 0.05) is 4.88 Å². The molecular formula is C17H23N3O4S. The molecule has 2 rings (SSSR count). The molecule has 0 saturated carbocycles. The van der Waals surface area contributed by atoms with Crippen LogP contribution in [-0.4, -0.2) is 34.6 Å². The van der Waals surface area contributed by atoms with Crippen LogP contribution in [0, 0.1) is 19.8 Å². The Bertz CT molecular complexity index is 855. The highest BCUT2D eigenvalue weighted by atomic mass is 32.1. The lowest BCUT2D eigenvalue weighted by Gasteiger charge is -2.21. The van der Waals surface area contributed by atoms with Crippen LogP contribution in [-0.2, 0) is 20.9 Å². The Morgan fingerprint density at radius 1 is 1.40 bits per heavy atom. The second-order valence-corrected chi connectivity index (χ2v) is 7.30. The molecule has 2 atom stereocenters. The molecule has 136 valence electrons. The minimum Gasteiger partial charge on any atom is -0.467 e. The number of thiophene rings is 1. The van der Waals surface area contributed by atoms with Crippen molar-refractivity contribution in [2.75, 3.05) is 7.11 Å². The molecule has 1 amide bonds. The van der Waals surface area contributed by atoms with Crippen LogP contribution in [0.4, 0.5) is 0 Å². The number of rotatable bonds is 6. The van der Waals surface area contributed by atoms with Crippen molar-refractivity contribution in [1.82, 2.24) is 14.9 Å². The zero-order chi connectivity index (χ0) is 18.7. The molecule has 0 aromatic carbocycles. The topological polar surface area (TPSA) is 90.3 Å². The Kier molecular flexibility index (Phi) is 5.94. The smallest absolute Gasteiger partial charge is 0.328 e. The van der Waals surface area contributed by atoms with Gasteiger partial charge in [0.25, 0.3) is 5.56 Å². The van der Waals surface area contributed by atoms with Crippen molar-refractivity contribution >= 4 is 33.4 Å². The standard InChI is InChI=1S/C17H23N3O4S/c1-6-9(2)14(17(23)24-5)19-12(21)7-20-8-18-15-13(16(20)22)10(3)11(4)25-15/h8-9,14H,6-7H2,1-5H3,(H,19,21)/t9-,14-/m0/s1. The van der Waals surface area contributed by atoms with Crippen LogP contribution in [0.25, 0.3) is 10.2 Å². The molecule has 2 heterocycles. The van der Waals surface area contributed by atoms with Crippen LogP contribution in [0.5, 0.6) is 0 Å². The van der Waals surface area contributed by atoms with Crippen molar-refractivity contribution in [2.45, 2.75) is 46.7 Å². The Morgan fingerprint density at radius 3 is 2.68 bits per heavy atom. The molecule has 2 aromatic heterocycles. The van der Waals surface area contributed by atoms with Gasteiger partial charge in [-0.25, -0.2) is 9.78 Å². The lowest BCUT2D eigenvalue weighted by molar-refractivity contribution is -0.146. The number of amides is 1. The van der Waals surface area contributed by atoms with Gasteiger partial charge in [-0.2, -0.15) is 0 Å². The maximum Gasteiger partial charge on any atom is 0.328 e. The van der Waals surface area contributed by atoms with Crippen LogP contribution >= 0.6 is 11.3 Å². The third-order valence-corrected chi connectivity index (χ3v) is 5.57. The maximum absolute atomic E-state index is 12.6. The summed E-state index contributed by atoms with van der Waals surface area (Å²) in [7, 11) is 1.29. The predicted octanol–water partition coefficient (Wildman–Crippen LogP) is 1.78. The highest BCUT2D eigenvalue weighted by Crippen LogP contribution is 2.25. The lowest BCUT2D eigenvalue weighted by Crippen LogP contribution is -2.47. The normalized spacial score (nSPS) is 13.5.